The first-order valence-electron chi connectivity index (χ1n) is 11.2. The molecule has 0 spiro atoms. The molecule has 0 aliphatic rings. The molecule has 0 aliphatic heterocycles. The average Bonchev–Trinajstić information content (AvgIpc) is 3.28. The van der Waals surface area contributed by atoms with Gasteiger partial charge in [-0.2, -0.15) is 4.98 Å². The van der Waals surface area contributed by atoms with Crippen LogP contribution in [0.25, 0.3) is 5.69 Å². The number of hydrogen-bond donors (Lipinski definition) is 1. The molecule has 3 aromatic rings. The second kappa shape index (κ2) is 9.00. The minimum atomic E-state index is -0.731. The van der Waals surface area contributed by atoms with E-state index < -0.39 is 17.5 Å². The van der Waals surface area contributed by atoms with Gasteiger partial charge in [0.15, 0.2) is 11.5 Å². The highest BCUT2D eigenvalue weighted by atomic mass is 16.6. The lowest BCUT2D eigenvalue weighted by molar-refractivity contribution is 0.00619. The standard InChI is InChI=1S/C26H34N4O4/c1-16-18(15-19(33-16)25(2,3)4)22(31)27-21-20(23(32)34-26(5,6)7)30(24(28-21)29(8)9)17-13-11-10-12-14-17/h10-15H,1-9H3,(H,27,31). The van der Waals surface area contributed by atoms with E-state index in [2.05, 4.69) is 10.3 Å². The molecule has 2 aromatic heterocycles. The summed E-state index contributed by atoms with van der Waals surface area (Å²) in [7, 11) is 3.64. The molecule has 1 N–H and O–H groups in total. The summed E-state index contributed by atoms with van der Waals surface area (Å²) < 4.78 is 13.2. The predicted molar refractivity (Wildman–Crippen MR) is 133 cm³/mol. The number of anilines is 2. The molecule has 8 heteroatoms. The van der Waals surface area contributed by atoms with Crippen LogP contribution in [0.4, 0.5) is 11.8 Å². The molecule has 0 saturated heterocycles. The van der Waals surface area contributed by atoms with E-state index in [1.165, 1.54) is 0 Å². The number of para-hydroxylation sites is 1. The van der Waals surface area contributed by atoms with Gasteiger partial charge in [0, 0.05) is 25.2 Å². The maximum atomic E-state index is 13.4. The Balaban J connectivity index is 2.14. The minimum Gasteiger partial charge on any atom is -0.465 e. The lowest BCUT2D eigenvalue weighted by Gasteiger charge is -2.21. The summed E-state index contributed by atoms with van der Waals surface area (Å²) in [6.45, 7) is 13.2. The van der Waals surface area contributed by atoms with Crippen LogP contribution in [-0.2, 0) is 10.2 Å². The van der Waals surface area contributed by atoms with Gasteiger partial charge in [-0.25, -0.2) is 4.79 Å². The second-order valence-corrected chi connectivity index (χ2v) is 10.5. The van der Waals surface area contributed by atoms with E-state index in [1.807, 2.05) is 65.2 Å². The molecule has 0 atom stereocenters. The molecule has 0 fully saturated rings. The highest BCUT2D eigenvalue weighted by Crippen LogP contribution is 2.31. The molecule has 34 heavy (non-hydrogen) atoms. The number of nitrogens with zero attached hydrogens (tertiary/aromatic N) is 3. The summed E-state index contributed by atoms with van der Waals surface area (Å²) in [6.07, 6.45) is 0. The number of aryl methyl sites for hydroxylation is 1. The first-order valence-corrected chi connectivity index (χ1v) is 11.2. The number of esters is 1. The Morgan fingerprint density at radius 3 is 2.18 bits per heavy atom. The molecule has 2 heterocycles. The van der Waals surface area contributed by atoms with Gasteiger partial charge in [0.25, 0.3) is 5.91 Å². The van der Waals surface area contributed by atoms with E-state index in [0.717, 1.165) is 5.69 Å². The molecule has 3 rings (SSSR count). The van der Waals surface area contributed by atoms with Crippen LogP contribution in [-0.4, -0.2) is 41.1 Å². The third-order valence-electron chi connectivity index (χ3n) is 5.00. The van der Waals surface area contributed by atoms with Gasteiger partial charge in [-0.3, -0.25) is 9.36 Å². The van der Waals surface area contributed by atoms with Crippen LogP contribution in [0.5, 0.6) is 0 Å². The highest BCUT2D eigenvalue weighted by Gasteiger charge is 2.31. The third-order valence-corrected chi connectivity index (χ3v) is 5.00. The third kappa shape index (κ3) is 5.32. The first kappa shape index (κ1) is 25.1. The zero-order valence-electron chi connectivity index (χ0n) is 21.4. The van der Waals surface area contributed by atoms with Gasteiger partial charge in [-0.15, -0.1) is 0 Å². The number of aromatic nitrogens is 2. The predicted octanol–water partition coefficient (Wildman–Crippen LogP) is 5.34. The van der Waals surface area contributed by atoms with Crippen molar-refractivity contribution in [3.05, 3.63) is 59.2 Å². The fourth-order valence-corrected chi connectivity index (χ4v) is 3.38. The van der Waals surface area contributed by atoms with Crippen molar-refractivity contribution in [1.82, 2.24) is 9.55 Å². The van der Waals surface area contributed by atoms with Crippen molar-refractivity contribution in [2.45, 2.75) is 59.5 Å². The number of nitrogens with one attached hydrogen (secondary N) is 1. The number of furan rings is 1. The molecule has 0 saturated carbocycles. The van der Waals surface area contributed by atoms with E-state index >= 15 is 0 Å². The lowest BCUT2D eigenvalue weighted by Crippen LogP contribution is -2.27. The zero-order chi connectivity index (χ0) is 25.4. The van der Waals surface area contributed by atoms with E-state index in [1.54, 1.807) is 43.2 Å². The van der Waals surface area contributed by atoms with Gasteiger partial charge in [-0.05, 0) is 45.9 Å². The molecule has 0 unspecified atom stereocenters. The summed E-state index contributed by atoms with van der Waals surface area (Å²) in [5.41, 5.74) is 0.258. The maximum Gasteiger partial charge on any atom is 0.359 e. The van der Waals surface area contributed by atoms with Crippen molar-refractivity contribution >= 4 is 23.6 Å². The fraction of sp³-hybridized carbons (Fsp3) is 0.423. The van der Waals surface area contributed by atoms with Gasteiger partial charge < -0.3 is 19.4 Å². The van der Waals surface area contributed by atoms with Gasteiger partial charge in [0.2, 0.25) is 5.95 Å². The van der Waals surface area contributed by atoms with Gasteiger partial charge in [-0.1, -0.05) is 39.0 Å². The Labute approximate surface area is 200 Å². The maximum absolute atomic E-state index is 13.4. The summed E-state index contributed by atoms with van der Waals surface area (Å²) in [4.78, 5) is 33.0. The summed E-state index contributed by atoms with van der Waals surface area (Å²) in [6, 6.07) is 11.1. The quantitative estimate of drug-likeness (QED) is 0.510. The van der Waals surface area contributed by atoms with Gasteiger partial charge in [0.1, 0.15) is 17.1 Å². The van der Waals surface area contributed by atoms with Crippen molar-refractivity contribution in [1.29, 1.82) is 0 Å². The first-order chi connectivity index (χ1) is 15.7. The SMILES string of the molecule is Cc1oc(C(C)(C)C)cc1C(=O)Nc1nc(N(C)C)n(-c2ccccc2)c1C(=O)OC(C)(C)C. The van der Waals surface area contributed by atoms with Crippen molar-refractivity contribution in [3.63, 3.8) is 0 Å². The Kier molecular flexibility index (Phi) is 6.64. The van der Waals surface area contributed by atoms with E-state index in [9.17, 15) is 9.59 Å². The zero-order valence-corrected chi connectivity index (χ0v) is 21.4. The van der Waals surface area contributed by atoms with E-state index in [4.69, 9.17) is 9.15 Å². The number of benzene rings is 1. The van der Waals surface area contributed by atoms with Crippen LogP contribution in [0.3, 0.4) is 0 Å². The Morgan fingerprint density at radius 2 is 1.68 bits per heavy atom. The molecule has 0 aliphatic carbocycles. The number of carbonyl (C=O) groups is 2. The Bertz CT molecular complexity index is 1190. The van der Waals surface area contributed by atoms with Crippen molar-refractivity contribution in [2.24, 2.45) is 0 Å². The van der Waals surface area contributed by atoms with E-state index in [-0.39, 0.29) is 16.9 Å². The molecule has 8 nitrogen and oxygen atoms in total. The summed E-state index contributed by atoms with van der Waals surface area (Å²) in [5.74, 6) is 0.783. The number of amides is 1. The topological polar surface area (TPSA) is 89.6 Å². The monoisotopic (exact) mass is 466 g/mol. The average molecular weight is 467 g/mol. The summed E-state index contributed by atoms with van der Waals surface area (Å²) in [5, 5.41) is 2.83. The van der Waals surface area contributed by atoms with Gasteiger partial charge in [0.05, 0.1) is 5.56 Å². The fourth-order valence-electron chi connectivity index (χ4n) is 3.38. The molecular formula is C26H34N4O4. The van der Waals surface area contributed by atoms with Gasteiger partial charge >= 0.3 is 5.97 Å². The molecule has 1 amide bonds. The normalized spacial score (nSPS) is 11.9. The van der Waals surface area contributed by atoms with Crippen molar-refractivity contribution in [3.8, 4) is 5.69 Å². The Hall–Kier alpha value is -3.55. The number of rotatable bonds is 5. The van der Waals surface area contributed by atoms with E-state index in [0.29, 0.717) is 23.0 Å². The number of carbonyl (C=O) groups excluding carboxylic acids is 2. The summed E-state index contributed by atoms with van der Waals surface area (Å²) >= 11 is 0. The number of imidazole rings is 1. The molecule has 0 bridgehead atoms. The molecular weight excluding hydrogens is 432 g/mol. The van der Waals surface area contributed by atoms with Crippen LogP contribution in [0.1, 0.15) is 73.9 Å². The lowest BCUT2D eigenvalue weighted by atomic mass is 9.93. The van der Waals surface area contributed by atoms with Crippen LogP contribution in [0, 0.1) is 6.92 Å². The number of hydrogen-bond acceptors (Lipinski definition) is 6. The van der Waals surface area contributed by atoms with Crippen LogP contribution in [0.15, 0.2) is 40.8 Å². The van der Waals surface area contributed by atoms with Crippen molar-refractivity contribution < 1.29 is 18.7 Å². The van der Waals surface area contributed by atoms with Crippen LogP contribution >= 0.6 is 0 Å². The Morgan fingerprint density at radius 1 is 1.06 bits per heavy atom. The minimum absolute atomic E-state index is 0.115. The van der Waals surface area contributed by atoms with Crippen LogP contribution in [0.2, 0.25) is 0 Å². The second-order valence-electron chi connectivity index (χ2n) is 10.5. The largest absolute Gasteiger partial charge is 0.465 e. The number of ether oxygens (including phenoxy) is 1. The highest BCUT2D eigenvalue weighted by molar-refractivity contribution is 6.08. The molecule has 1 aromatic carbocycles. The molecule has 182 valence electrons. The van der Waals surface area contributed by atoms with Crippen LogP contribution < -0.4 is 10.2 Å². The van der Waals surface area contributed by atoms with Crippen molar-refractivity contribution in [2.75, 3.05) is 24.3 Å². The molecule has 0 radical (unpaired) electrons. The smallest absolute Gasteiger partial charge is 0.359 e.